The third-order valence-corrected chi connectivity index (χ3v) is 2.88. The number of hydrogen-bond donors (Lipinski definition) is 3. The molecule has 0 spiro atoms. The number of nitrogens with one attached hydrogen (secondary N) is 2. The van der Waals surface area contributed by atoms with Crippen molar-refractivity contribution >= 4 is 18.3 Å². The molecule has 2 unspecified atom stereocenters. The third kappa shape index (κ3) is 3.44. The van der Waals surface area contributed by atoms with Gasteiger partial charge < -0.3 is 11.1 Å². The number of aromatic amines is 1. The fourth-order valence-electron chi connectivity index (χ4n) is 2.15. The quantitative estimate of drug-likeness (QED) is 0.758. The summed E-state index contributed by atoms with van der Waals surface area (Å²) in [6, 6.07) is -0.0117. The van der Waals surface area contributed by atoms with Crippen molar-refractivity contribution in [2.75, 3.05) is 0 Å². The smallest absolute Gasteiger partial charge is 0.222 e. The minimum absolute atomic E-state index is 0. The van der Waals surface area contributed by atoms with Crippen LogP contribution in [0.1, 0.15) is 43.5 Å². The van der Waals surface area contributed by atoms with Crippen LogP contribution in [-0.4, -0.2) is 22.1 Å². The van der Waals surface area contributed by atoms with Crippen molar-refractivity contribution < 1.29 is 4.79 Å². The van der Waals surface area contributed by atoms with E-state index in [1.807, 2.05) is 13.1 Å². The topological polar surface area (TPSA) is 83.8 Å². The fourth-order valence-corrected chi connectivity index (χ4v) is 2.15. The zero-order valence-electron chi connectivity index (χ0n) is 9.90. The van der Waals surface area contributed by atoms with Crippen LogP contribution in [0.15, 0.2) is 6.20 Å². The number of fused-ring (bicyclic) bond motifs is 1. The number of amides is 1. The van der Waals surface area contributed by atoms with Crippen LogP contribution in [0.2, 0.25) is 0 Å². The van der Waals surface area contributed by atoms with E-state index < -0.39 is 0 Å². The van der Waals surface area contributed by atoms with Crippen LogP contribution in [0.3, 0.4) is 0 Å². The molecule has 1 aliphatic carbocycles. The molecule has 0 fully saturated rings. The summed E-state index contributed by atoms with van der Waals surface area (Å²) < 4.78 is 0. The molecule has 0 saturated heterocycles. The number of H-pyrrole nitrogens is 1. The molecule has 6 heteroatoms. The SMILES string of the molecule is CC(N)CC(=O)NC1CCCc2cn[nH]c21.Cl. The van der Waals surface area contributed by atoms with E-state index in [1.165, 1.54) is 5.56 Å². The number of aromatic nitrogens is 2. The number of hydrogen-bond acceptors (Lipinski definition) is 3. The summed E-state index contributed by atoms with van der Waals surface area (Å²) in [4.78, 5) is 11.6. The van der Waals surface area contributed by atoms with E-state index in [-0.39, 0.29) is 30.4 Å². The van der Waals surface area contributed by atoms with Crippen molar-refractivity contribution in [2.24, 2.45) is 5.73 Å². The molecule has 0 aromatic carbocycles. The van der Waals surface area contributed by atoms with Crippen molar-refractivity contribution in [2.45, 2.75) is 44.7 Å². The number of carbonyl (C=O) groups excluding carboxylic acids is 1. The molecule has 17 heavy (non-hydrogen) atoms. The summed E-state index contributed by atoms with van der Waals surface area (Å²) in [7, 11) is 0. The highest BCUT2D eigenvalue weighted by Gasteiger charge is 2.23. The van der Waals surface area contributed by atoms with Gasteiger partial charge in [-0.05, 0) is 31.7 Å². The summed E-state index contributed by atoms with van der Waals surface area (Å²) in [6.07, 6.45) is 5.33. The van der Waals surface area contributed by atoms with E-state index in [0.717, 1.165) is 25.0 Å². The van der Waals surface area contributed by atoms with E-state index in [9.17, 15) is 4.79 Å². The first-order valence-electron chi connectivity index (χ1n) is 5.74. The van der Waals surface area contributed by atoms with Gasteiger partial charge in [-0.1, -0.05) is 0 Å². The summed E-state index contributed by atoms with van der Waals surface area (Å²) in [5.74, 6) is 0.0162. The Morgan fingerprint density at radius 3 is 3.24 bits per heavy atom. The zero-order valence-corrected chi connectivity index (χ0v) is 10.7. The van der Waals surface area contributed by atoms with Gasteiger partial charge in [0.1, 0.15) is 0 Å². The second-order valence-electron chi connectivity index (χ2n) is 4.50. The Kier molecular flexibility index (Phi) is 4.96. The number of halogens is 1. The van der Waals surface area contributed by atoms with Crippen molar-refractivity contribution in [1.29, 1.82) is 0 Å². The Labute approximate surface area is 107 Å². The Morgan fingerprint density at radius 1 is 1.76 bits per heavy atom. The first-order chi connectivity index (χ1) is 7.66. The second-order valence-corrected chi connectivity index (χ2v) is 4.50. The lowest BCUT2D eigenvalue weighted by molar-refractivity contribution is -0.122. The van der Waals surface area contributed by atoms with Gasteiger partial charge >= 0.3 is 0 Å². The van der Waals surface area contributed by atoms with Gasteiger partial charge in [0.15, 0.2) is 0 Å². The summed E-state index contributed by atoms with van der Waals surface area (Å²) in [5.41, 5.74) is 7.87. The minimum atomic E-state index is -0.0928. The number of nitrogens with two attached hydrogens (primary N) is 1. The molecule has 1 aromatic rings. The lowest BCUT2D eigenvalue weighted by atomic mass is 9.93. The van der Waals surface area contributed by atoms with Crippen LogP contribution in [0.5, 0.6) is 0 Å². The fraction of sp³-hybridized carbons (Fsp3) is 0.636. The predicted molar refractivity (Wildman–Crippen MR) is 67.9 cm³/mol. The highest BCUT2D eigenvalue weighted by Crippen LogP contribution is 2.27. The molecular weight excluding hydrogens is 240 g/mol. The first kappa shape index (κ1) is 14.0. The molecule has 0 radical (unpaired) electrons. The molecule has 96 valence electrons. The van der Waals surface area contributed by atoms with Crippen molar-refractivity contribution in [3.8, 4) is 0 Å². The van der Waals surface area contributed by atoms with Crippen LogP contribution >= 0.6 is 12.4 Å². The number of aryl methyl sites for hydroxylation is 1. The summed E-state index contributed by atoms with van der Waals surface area (Å²) in [5, 5.41) is 9.99. The summed E-state index contributed by atoms with van der Waals surface area (Å²) >= 11 is 0. The molecule has 0 bridgehead atoms. The maximum atomic E-state index is 11.6. The highest BCUT2D eigenvalue weighted by atomic mass is 35.5. The molecule has 1 aromatic heterocycles. The maximum Gasteiger partial charge on any atom is 0.222 e. The first-order valence-corrected chi connectivity index (χ1v) is 5.74. The van der Waals surface area contributed by atoms with Crippen molar-refractivity contribution in [3.63, 3.8) is 0 Å². The highest BCUT2D eigenvalue weighted by molar-refractivity contribution is 5.85. The molecule has 2 atom stereocenters. The lowest BCUT2D eigenvalue weighted by Crippen LogP contribution is -2.34. The Hall–Kier alpha value is -1.07. The van der Waals surface area contributed by atoms with E-state index >= 15 is 0 Å². The predicted octanol–water partition coefficient (Wildman–Crippen LogP) is 1.06. The molecule has 1 heterocycles. The average molecular weight is 259 g/mol. The molecule has 0 saturated carbocycles. The molecule has 0 aliphatic heterocycles. The number of carbonyl (C=O) groups is 1. The zero-order chi connectivity index (χ0) is 11.5. The van der Waals surface area contributed by atoms with E-state index in [1.54, 1.807) is 0 Å². The van der Waals surface area contributed by atoms with Crippen LogP contribution in [0.4, 0.5) is 0 Å². The van der Waals surface area contributed by atoms with Gasteiger partial charge in [-0.2, -0.15) is 5.10 Å². The molecular formula is C11H19ClN4O. The molecule has 4 N–H and O–H groups in total. The molecule has 1 amide bonds. The van der Waals surface area contributed by atoms with Gasteiger partial charge in [-0.15, -0.1) is 12.4 Å². The second kappa shape index (κ2) is 6.02. The largest absolute Gasteiger partial charge is 0.348 e. The van der Waals surface area contributed by atoms with Crippen LogP contribution in [0, 0.1) is 0 Å². The van der Waals surface area contributed by atoms with Gasteiger partial charge in [0.05, 0.1) is 17.9 Å². The average Bonchev–Trinajstić information content (AvgIpc) is 2.65. The normalized spacial score (nSPS) is 20.0. The van der Waals surface area contributed by atoms with Gasteiger partial charge in [0.2, 0.25) is 5.91 Å². The van der Waals surface area contributed by atoms with Crippen LogP contribution in [-0.2, 0) is 11.2 Å². The number of rotatable bonds is 3. The lowest BCUT2D eigenvalue weighted by Gasteiger charge is -2.23. The van der Waals surface area contributed by atoms with E-state index in [2.05, 4.69) is 15.5 Å². The van der Waals surface area contributed by atoms with E-state index in [0.29, 0.717) is 6.42 Å². The maximum absolute atomic E-state index is 11.6. The van der Waals surface area contributed by atoms with Crippen LogP contribution < -0.4 is 11.1 Å². The minimum Gasteiger partial charge on any atom is -0.348 e. The van der Waals surface area contributed by atoms with Crippen molar-refractivity contribution in [1.82, 2.24) is 15.5 Å². The van der Waals surface area contributed by atoms with Gasteiger partial charge in [0.25, 0.3) is 0 Å². The third-order valence-electron chi connectivity index (χ3n) is 2.88. The Balaban J connectivity index is 0.00000144. The van der Waals surface area contributed by atoms with Gasteiger partial charge in [-0.25, -0.2) is 0 Å². The Morgan fingerprint density at radius 2 is 2.53 bits per heavy atom. The van der Waals surface area contributed by atoms with Gasteiger partial charge in [-0.3, -0.25) is 9.89 Å². The summed E-state index contributed by atoms with van der Waals surface area (Å²) in [6.45, 7) is 1.84. The van der Waals surface area contributed by atoms with Crippen molar-refractivity contribution in [3.05, 3.63) is 17.5 Å². The monoisotopic (exact) mass is 258 g/mol. The molecule has 2 rings (SSSR count). The van der Waals surface area contributed by atoms with Crippen LogP contribution in [0.25, 0.3) is 0 Å². The van der Waals surface area contributed by atoms with E-state index in [4.69, 9.17) is 5.73 Å². The van der Waals surface area contributed by atoms with Gasteiger partial charge in [0, 0.05) is 12.5 Å². The Bertz CT molecular complexity index is 377. The number of nitrogens with zero attached hydrogens (tertiary/aromatic N) is 1. The molecule has 1 aliphatic rings. The standard InChI is InChI=1S/C11H18N4O.ClH/c1-7(12)5-10(16)14-9-4-2-3-8-6-13-15-11(8)9;/h6-7,9H,2-5,12H2,1H3,(H,13,15)(H,14,16);1H. The molecule has 5 nitrogen and oxygen atoms in total.